The molecule has 2 saturated heterocycles. The average molecular weight is 311 g/mol. The van der Waals surface area contributed by atoms with E-state index in [2.05, 4.69) is 9.88 Å². The molecule has 1 aromatic heterocycles. The summed E-state index contributed by atoms with van der Waals surface area (Å²) < 4.78 is 13.0. The van der Waals surface area contributed by atoms with Crippen molar-refractivity contribution in [3.05, 3.63) is 60.2 Å². The molecule has 4 rings (SSSR count). The van der Waals surface area contributed by atoms with Crippen molar-refractivity contribution in [2.75, 3.05) is 24.5 Å². The predicted molar refractivity (Wildman–Crippen MR) is 85.2 cm³/mol. The summed E-state index contributed by atoms with van der Waals surface area (Å²) in [5, 5.41) is 0. The number of amides is 1. The van der Waals surface area contributed by atoms with Crippen molar-refractivity contribution in [2.24, 2.45) is 11.8 Å². The van der Waals surface area contributed by atoms with Crippen LogP contribution in [0.3, 0.4) is 0 Å². The maximum Gasteiger partial charge on any atom is 0.231 e. The van der Waals surface area contributed by atoms with Gasteiger partial charge in [-0.3, -0.25) is 14.7 Å². The van der Waals surface area contributed by atoms with Gasteiger partial charge in [0.1, 0.15) is 5.82 Å². The number of rotatable bonds is 3. The molecule has 0 aliphatic carbocycles. The molecular weight excluding hydrogens is 293 g/mol. The van der Waals surface area contributed by atoms with Crippen LogP contribution >= 0.6 is 0 Å². The van der Waals surface area contributed by atoms with Crippen molar-refractivity contribution in [1.82, 2.24) is 9.88 Å². The van der Waals surface area contributed by atoms with Crippen molar-refractivity contribution >= 4 is 11.6 Å². The van der Waals surface area contributed by atoms with E-state index in [1.807, 2.05) is 29.2 Å². The summed E-state index contributed by atoms with van der Waals surface area (Å²) in [6.45, 7) is 3.21. The Hall–Kier alpha value is -2.27. The number of pyridine rings is 1. The molecule has 2 aromatic rings. The lowest BCUT2D eigenvalue weighted by Gasteiger charge is -2.21. The summed E-state index contributed by atoms with van der Waals surface area (Å²) in [5.41, 5.74) is 1.97. The number of carbonyl (C=O) groups is 1. The molecule has 2 atom stereocenters. The molecule has 2 fully saturated rings. The van der Waals surface area contributed by atoms with Crippen LogP contribution in [0, 0.1) is 17.7 Å². The zero-order chi connectivity index (χ0) is 15.8. The molecule has 0 N–H and O–H groups in total. The van der Waals surface area contributed by atoms with Crippen molar-refractivity contribution in [3.8, 4) is 0 Å². The van der Waals surface area contributed by atoms with Gasteiger partial charge in [0, 0.05) is 38.3 Å². The second-order valence-electron chi connectivity index (χ2n) is 6.35. The van der Waals surface area contributed by atoms with E-state index in [0.29, 0.717) is 5.92 Å². The molecule has 0 unspecified atom stereocenters. The summed E-state index contributed by atoms with van der Waals surface area (Å²) >= 11 is 0. The van der Waals surface area contributed by atoms with Gasteiger partial charge < -0.3 is 4.90 Å². The lowest BCUT2D eigenvalue weighted by molar-refractivity contribution is -0.120. The smallest absolute Gasteiger partial charge is 0.231 e. The minimum atomic E-state index is -0.214. The highest BCUT2D eigenvalue weighted by atomic mass is 19.1. The molecule has 23 heavy (non-hydrogen) atoms. The average Bonchev–Trinajstić information content (AvgIpc) is 3.10. The molecule has 118 valence electrons. The Morgan fingerprint density at radius 1 is 1.13 bits per heavy atom. The van der Waals surface area contributed by atoms with Crippen LogP contribution < -0.4 is 4.90 Å². The number of hydrogen-bond acceptors (Lipinski definition) is 3. The Morgan fingerprint density at radius 2 is 1.96 bits per heavy atom. The third-order valence-corrected chi connectivity index (χ3v) is 4.79. The first kappa shape index (κ1) is 14.3. The van der Waals surface area contributed by atoms with Gasteiger partial charge >= 0.3 is 0 Å². The van der Waals surface area contributed by atoms with Crippen LogP contribution in [-0.2, 0) is 11.3 Å². The lowest BCUT2D eigenvalue weighted by Crippen LogP contribution is -2.32. The largest absolute Gasteiger partial charge is 0.310 e. The van der Waals surface area contributed by atoms with Gasteiger partial charge in [0.25, 0.3) is 0 Å². The van der Waals surface area contributed by atoms with E-state index in [0.717, 1.165) is 37.4 Å². The normalized spacial score (nSPS) is 24.2. The minimum absolute atomic E-state index is 0.0654. The van der Waals surface area contributed by atoms with Gasteiger partial charge in [-0.15, -0.1) is 0 Å². The standard InChI is InChI=1S/C18H18FN3O/c19-15-5-3-13(4-6-15)9-21-10-14-11-22(18(23)17(14)12-21)16-2-1-7-20-8-16/h1-8,14,17H,9-12H2/t14-,17-/m0/s1. The number of nitrogens with zero attached hydrogens (tertiary/aromatic N) is 3. The van der Waals surface area contributed by atoms with Crippen molar-refractivity contribution in [1.29, 1.82) is 0 Å². The van der Waals surface area contributed by atoms with E-state index in [1.54, 1.807) is 12.4 Å². The molecule has 1 aromatic carbocycles. The Balaban J connectivity index is 1.43. The summed E-state index contributed by atoms with van der Waals surface area (Å²) in [7, 11) is 0. The van der Waals surface area contributed by atoms with E-state index in [-0.39, 0.29) is 17.6 Å². The number of benzene rings is 1. The number of likely N-dealkylation sites (tertiary alicyclic amines) is 1. The maximum atomic E-state index is 13.0. The quantitative estimate of drug-likeness (QED) is 0.873. The fourth-order valence-corrected chi connectivity index (χ4v) is 3.67. The van der Waals surface area contributed by atoms with Crippen LogP contribution in [0.2, 0.25) is 0 Å². The van der Waals surface area contributed by atoms with Crippen LogP contribution in [0.1, 0.15) is 5.56 Å². The van der Waals surface area contributed by atoms with Gasteiger partial charge in [-0.2, -0.15) is 0 Å². The monoisotopic (exact) mass is 311 g/mol. The summed E-state index contributed by atoms with van der Waals surface area (Å²) in [6.07, 6.45) is 3.46. The van der Waals surface area contributed by atoms with E-state index in [9.17, 15) is 9.18 Å². The summed E-state index contributed by atoms with van der Waals surface area (Å²) in [4.78, 5) is 20.9. The van der Waals surface area contributed by atoms with E-state index >= 15 is 0 Å². The van der Waals surface area contributed by atoms with E-state index in [4.69, 9.17) is 0 Å². The maximum absolute atomic E-state index is 13.0. The fourth-order valence-electron chi connectivity index (χ4n) is 3.67. The number of carbonyl (C=O) groups excluding carboxylic acids is 1. The molecule has 3 heterocycles. The van der Waals surface area contributed by atoms with Gasteiger partial charge in [0.2, 0.25) is 5.91 Å². The molecule has 1 amide bonds. The number of hydrogen-bond donors (Lipinski definition) is 0. The summed E-state index contributed by atoms with van der Waals surface area (Å²) in [5.74, 6) is 0.415. The second-order valence-corrected chi connectivity index (χ2v) is 6.35. The summed E-state index contributed by atoms with van der Waals surface area (Å²) in [6, 6.07) is 10.4. The number of halogens is 1. The fraction of sp³-hybridized carbons (Fsp3) is 0.333. The third-order valence-electron chi connectivity index (χ3n) is 4.79. The van der Waals surface area contributed by atoms with Gasteiger partial charge in [-0.05, 0) is 29.8 Å². The van der Waals surface area contributed by atoms with Gasteiger partial charge in [-0.25, -0.2) is 4.39 Å². The minimum Gasteiger partial charge on any atom is -0.310 e. The highest BCUT2D eigenvalue weighted by Crippen LogP contribution is 2.35. The van der Waals surface area contributed by atoms with Crippen LogP contribution in [0.15, 0.2) is 48.8 Å². The zero-order valence-corrected chi connectivity index (χ0v) is 12.7. The molecular formula is C18H18FN3O. The lowest BCUT2D eigenvalue weighted by atomic mass is 10.0. The van der Waals surface area contributed by atoms with Crippen molar-refractivity contribution < 1.29 is 9.18 Å². The van der Waals surface area contributed by atoms with Crippen LogP contribution in [0.25, 0.3) is 0 Å². The number of aromatic nitrogens is 1. The highest BCUT2D eigenvalue weighted by molar-refractivity contribution is 5.97. The van der Waals surface area contributed by atoms with Gasteiger partial charge in [0.15, 0.2) is 0 Å². The van der Waals surface area contributed by atoms with Gasteiger partial charge in [-0.1, -0.05) is 12.1 Å². The Kier molecular flexibility index (Phi) is 3.58. The van der Waals surface area contributed by atoms with Crippen molar-refractivity contribution in [2.45, 2.75) is 6.54 Å². The topological polar surface area (TPSA) is 36.4 Å². The first-order valence-corrected chi connectivity index (χ1v) is 7.89. The second kappa shape index (κ2) is 5.74. The van der Waals surface area contributed by atoms with Crippen LogP contribution in [0.4, 0.5) is 10.1 Å². The first-order chi connectivity index (χ1) is 11.2. The van der Waals surface area contributed by atoms with Gasteiger partial charge in [0.05, 0.1) is 17.8 Å². The van der Waals surface area contributed by atoms with Crippen LogP contribution in [-0.4, -0.2) is 35.4 Å². The third kappa shape index (κ3) is 2.72. The number of anilines is 1. The predicted octanol–water partition coefficient (Wildman–Crippen LogP) is 2.32. The SMILES string of the molecule is O=C1[C@H]2CN(Cc3ccc(F)cc3)C[C@H]2CN1c1cccnc1. The molecule has 5 heteroatoms. The van der Waals surface area contributed by atoms with E-state index < -0.39 is 0 Å². The molecule has 2 aliphatic heterocycles. The van der Waals surface area contributed by atoms with Crippen LogP contribution in [0.5, 0.6) is 0 Å². The zero-order valence-electron chi connectivity index (χ0n) is 12.7. The van der Waals surface area contributed by atoms with E-state index in [1.165, 1.54) is 12.1 Å². The Labute approximate surface area is 134 Å². The van der Waals surface area contributed by atoms with Crippen molar-refractivity contribution in [3.63, 3.8) is 0 Å². The molecule has 0 radical (unpaired) electrons. The first-order valence-electron chi connectivity index (χ1n) is 7.89. The number of fused-ring (bicyclic) bond motifs is 1. The Bertz CT molecular complexity index is 704. The highest BCUT2D eigenvalue weighted by Gasteiger charge is 2.46. The molecule has 0 spiro atoms. The Morgan fingerprint density at radius 3 is 2.65 bits per heavy atom. The molecule has 2 aliphatic rings. The molecule has 0 saturated carbocycles. The molecule has 4 nitrogen and oxygen atoms in total. The molecule has 0 bridgehead atoms.